The highest BCUT2D eigenvalue weighted by Crippen LogP contribution is 2.46. The Hall–Kier alpha value is -3.13. The highest BCUT2D eigenvalue weighted by atomic mass is 32.2. The van der Waals surface area contributed by atoms with E-state index in [1.807, 2.05) is 43.3 Å². The van der Waals surface area contributed by atoms with Crippen molar-refractivity contribution in [1.29, 1.82) is 0 Å². The zero-order chi connectivity index (χ0) is 27.8. The summed E-state index contributed by atoms with van der Waals surface area (Å²) in [5, 5.41) is 20.7. The molecule has 0 bridgehead atoms. The molecule has 2 aromatic carbocycles. The Balaban J connectivity index is 2.02. The minimum absolute atomic E-state index is 0.0912. The van der Waals surface area contributed by atoms with Crippen LogP contribution in [0.3, 0.4) is 0 Å². The number of anilines is 1. The molecule has 1 aliphatic rings. The first-order valence-electron chi connectivity index (χ1n) is 13.2. The van der Waals surface area contributed by atoms with Gasteiger partial charge in [-0.2, -0.15) is 4.98 Å². The third-order valence-corrected chi connectivity index (χ3v) is 7.60. The molecule has 1 amide bonds. The number of thioether (sulfide) groups is 1. The molecule has 1 atom stereocenters. The summed E-state index contributed by atoms with van der Waals surface area (Å²) in [6.45, 7) is 16.4. The van der Waals surface area contributed by atoms with Crippen LogP contribution in [-0.4, -0.2) is 31.9 Å². The standard InChI is InChI=1S/C30H38N4O3S/c1-9-15-38-28-31-26-24(32-33-28)19-13-11-12-14-22(19)34(23(35)10-2)27(37-26)18-16-20(29(3,4)5)25(36)21(17-18)30(6,7)8/h11-14,16-17,27,36H,9-10,15H2,1-8H3. The number of fused-ring (bicyclic) bond motifs is 3. The molecule has 0 saturated carbocycles. The summed E-state index contributed by atoms with van der Waals surface area (Å²) in [7, 11) is 0. The first-order valence-corrected chi connectivity index (χ1v) is 14.2. The zero-order valence-electron chi connectivity index (χ0n) is 23.6. The van der Waals surface area contributed by atoms with Crippen LogP contribution >= 0.6 is 11.8 Å². The number of para-hydroxylation sites is 1. The number of aromatic hydroxyl groups is 1. The van der Waals surface area contributed by atoms with Gasteiger partial charge in [0.25, 0.3) is 0 Å². The van der Waals surface area contributed by atoms with Gasteiger partial charge < -0.3 is 9.84 Å². The van der Waals surface area contributed by atoms with Gasteiger partial charge in [0.15, 0.2) is 5.69 Å². The molecule has 7 nitrogen and oxygen atoms in total. The number of ether oxygens (including phenoxy) is 1. The van der Waals surface area contributed by atoms with Crippen LogP contribution < -0.4 is 9.64 Å². The van der Waals surface area contributed by atoms with Crippen LogP contribution in [0.15, 0.2) is 41.6 Å². The van der Waals surface area contributed by atoms with E-state index in [2.05, 4.69) is 58.7 Å². The number of aromatic nitrogens is 3. The van der Waals surface area contributed by atoms with E-state index in [1.54, 1.807) is 4.90 Å². The summed E-state index contributed by atoms with van der Waals surface area (Å²) in [5.41, 5.74) is 3.62. The molecule has 202 valence electrons. The lowest BCUT2D eigenvalue weighted by molar-refractivity contribution is -0.120. The first kappa shape index (κ1) is 27.9. The van der Waals surface area contributed by atoms with E-state index in [0.717, 1.165) is 34.4 Å². The quantitative estimate of drug-likeness (QED) is 0.347. The van der Waals surface area contributed by atoms with Gasteiger partial charge in [-0.3, -0.25) is 9.69 Å². The van der Waals surface area contributed by atoms with E-state index < -0.39 is 6.23 Å². The first-order chi connectivity index (χ1) is 17.9. The Morgan fingerprint density at radius 2 is 1.66 bits per heavy atom. The SMILES string of the molecule is CCCSc1nnc2c(n1)OC(c1cc(C(C)(C)C)c(O)c(C(C)(C)C)c1)N(C(=O)CC)c1ccccc1-2. The molecule has 38 heavy (non-hydrogen) atoms. The number of benzene rings is 2. The van der Waals surface area contributed by atoms with Crippen molar-refractivity contribution in [2.24, 2.45) is 0 Å². The molecule has 2 heterocycles. The Morgan fingerprint density at radius 3 is 2.24 bits per heavy atom. The largest absolute Gasteiger partial charge is 0.507 e. The number of phenols is 1. The molecule has 4 rings (SSSR count). The number of carbonyl (C=O) groups is 1. The summed E-state index contributed by atoms with van der Waals surface area (Å²) in [6, 6.07) is 11.6. The van der Waals surface area contributed by atoms with Crippen molar-refractivity contribution in [3.05, 3.63) is 53.1 Å². The van der Waals surface area contributed by atoms with E-state index >= 15 is 0 Å². The van der Waals surface area contributed by atoms with Crippen molar-refractivity contribution in [2.45, 2.75) is 90.4 Å². The van der Waals surface area contributed by atoms with Crippen molar-refractivity contribution in [2.75, 3.05) is 10.7 Å². The fraction of sp³-hybridized carbons (Fsp3) is 0.467. The van der Waals surface area contributed by atoms with E-state index in [0.29, 0.717) is 22.4 Å². The molecular formula is C30H38N4O3S. The maximum atomic E-state index is 13.6. The topological polar surface area (TPSA) is 88.4 Å². The second kappa shape index (κ2) is 10.6. The van der Waals surface area contributed by atoms with E-state index in [1.165, 1.54) is 11.8 Å². The van der Waals surface area contributed by atoms with Crippen molar-refractivity contribution >= 4 is 23.4 Å². The van der Waals surface area contributed by atoms with Crippen molar-refractivity contribution < 1.29 is 14.6 Å². The lowest BCUT2D eigenvalue weighted by Gasteiger charge is -2.34. The number of hydrogen-bond acceptors (Lipinski definition) is 7. The van der Waals surface area contributed by atoms with Gasteiger partial charge in [-0.15, -0.1) is 10.2 Å². The number of amides is 1. The maximum Gasteiger partial charge on any atom is 0.247 e. The molecule has 3 aromatic rings. The number of hydrogen-bond donors (Lipinski definition) is 1. The van der Waals surface area contributed by atoms with Gasteiger partial charge in [-0.1, -0.05) is 85.4 Å². The molecular weight excluding hydrogens is 496 g/mol. The molecule has 1 aliphatic heterocycles. The van der Waals surface area contributed by atoms with Crippen LogP contribution in [0.25, 0.3) is 11.3 Å². The van der Waals surface area contributed by atoms with Gasteiger partial charge in [0.05, 0.1) is 5.69 Å². The van der Waals surface area contributed by atoms with Crippen molar-refractivity contribution in [1.82, 2.24) is 15.2 Å². The lowest BCUT2D eigenvalue weighted by atomic mass is 9.78. The third kappa shape index (κ3) is 5.37. The average molecular weight is 535 g/mol. The number of carbonyl (C=O) groups excluding carboxylic acids is 1. The van der Waals surface area contributed by atoms with Gasteiger partial charge in [0, 0.05) is 34.4 Å². The van der Waals surface area contributed by atoms with Crippen LogP contribution in [0.2, 0.25) is 0 Å². The Labute approximate surface area is 230 Å². The second-order valence-electron chi connectivity index (χ2n) is 11.7. The summed E-state index contributed by atoms with van der Waals surface area (Å²) < 4.78 is 6.65. The average Bonchev–Trinajstić information content (AvgIpc) is 3.00. The number of rotatable bonds is 5. The smallest absolute Gasteiger partial charge is 0.247 e. The van der Waals surface area contributed by atoms with Crippen LogP contribution in [0, 0.1) is 0 Å². The second-order valence-corrected chi connectivity index (χ2v) is 12.7. The molecule has 0 fully saturated rings. The van der Waals surface area contributed by atoms with E-state index in [-0.39, 0.29) is 28.9 Å². The fourth-order valence-electron chi connectivity index (χ4n) is 4.57. The monoisotopic (exact) mass is 534 g/mol. The maximum absolute atomic E-state index is 13.6. The highest BCUT2D eigenvalue weighted by Gasteiger charge is 2.37. The van der Waals surface area contributed by atoms with Gasteiger partial charge in [-0.05, 0) is 35.4 Å². The minimum Gasteiger partial charge on any atom is -0.507 e. The Morgan fingerprint density at radius 1 is 1.03 bits per heavy atom. The molecule has 0 saturated heterocycles. The van der Waals surface area contributed by atoms with Crippen LogP contribution in [0.5, 0.6) is 11.6 Å². The molecule has 0 spiro atoms. The number of phenolic OH excluding ortho intramolecular Hbond substituents is 1. The highest BCUT2D eigenvalue weighted by molar-refractivity contribution is 7.99. The molecule has 1 aromatic heterocycles. The summed E-state index contributed by atoms with van der Waals surface area (Å²) in [5.74, 6) is 1.39. The normalized spacial score (nSPS) is 15.4. The predicted octanol–water partition coefficient (Wildman–Crippen LogP) is 7.18. The van der Waals surface area contributed by atoms with E-state index in [9.17, 15) is 9.90 Å². The lowest BCUT2D eigenvalue weighted by Crippen LogP contribution is -2.37. The van der Waals surface area contributed by atoms with Crippen molar-refractivity contribution in [3.63, 3.8) is 0 Å². The molecule has 0 radical (unpaired) electrons. The zero-order valence-corrected chi connectivity index (χ0v) is 24.4. The summed E-state index contributed by atoms with van der Waals surface area (Å²) >= 11 is 1.53. The molecule has 1 N–H and O–H groups in total. The van der Waals surface area contributed by atoms with Crippen LogP contribution in [0.1, 0.15) is 91.1 Å². The molecule has 0 aliphatic carbocycles. The Kier molecular flexibility index (Phi) is 7.75. The van der Waals surface area contributed by atoms with Gasteiger partial charge in [0.2, 0.25) is 23.2 Å². The Bertz CT molecular complexity index is 1310. The number of nitrogens with zero attached hydrogens (tertiary/aromatic N) is 4. The van der Waals surface area contributed by atoms with Gasteiger partial charge in [-0.25, -0.2) is 0 Å². The molecule has 1 unspecified atom stereocenters. The van der Waals surface area contributed by atoms with Gasteiger partial charge in [0.1, 0.15) is 5.75 Å². The predicted molar refractivity (Wildman–Crippen MR) is 153 cm³/mol. The third-order valence-electron chi connectivity index (χ3n) is 6.55. The molecule has 8 heteroatoms. The minimum atomic E-state index is -0.812. The van der Waals surface area contributed by atoms with Crippen LogP contribution in [-0.2, 0) is 15.6 Å². The van der Waals surface area contributed by atoms with Gasteiger partial charge >= 0.3 is 0 Å². The van der Waals surface area contributed by atoms with Crippen molar-refractivity contribution in [3.8, 4) is 22.9 Å². The summed E-state index contributed by atoms with van der Waals surface area (Å²) in [6.07, 6.45) is 0.459. The van der Waals surface area contributed by atoms with Crippen LogP contribution in [0.4, 0.5) is 5.69 Å². The van der Waals surface area contributed by atoms with E-state index in [4.69, 9.17) is 9.72 Å². The summed E-state index contributed by atoms with van der Waals surface area (Å²) in [4.78, 5) is 20.0. The fourth-order valence-corrected chi connectivity index (χ4v) is 5.20.